The molecule has 0 aliphatic heterocycles. The average Bonchev–Trinajstić information content (AvgIpc) is 3.19. The number of halogens is 1. The predicted octanol–water partition coefficient (Wildman–Crippen LogP) is 4.15. The summed E-state index contributed by atoms with van der Waals surface area (Å²) in [6.07, 6.45) is 6.18. The van der Waals surface area contributed by atoms with Gasteiger partial charge >= 0.3 is 0 Å². The highest BCUT2D eigenvalue weighted by molar-refractivity contribution is 5.44. The first-order chi connectivity index (χ1) is 10.8. The van der Waals surface area contributed by atoms with Crippen LogP contribution in [-0.2, 0) is 12.8 Å². The maximum absolute atomic E-state index is 14.2. The second kappa shape index (κ2) is 5.41. The molecule has 0 saturated heterocycles. The van der Waals surface area contributed by atoms with E-state index in [1.165, 1.54) is 29.3 Å². The molecule has 1 aliphatic rings. The maximum Gasteiger partial charge on any atom is 0.289 e. The van der Waals surface area contributed by atoms with E-state index in [4.69, 9.17) is 0 Å². The van der Waals surface area contributed by atoms with Crippen LogP contribution in [0.25, 0.3) is 0 Å². The lowest BCUT2D eigenvalue weighted by atomic mass is 9.92. The molecule has 0 amide bonds. The summed E-state index contributed by atoms with van der Waals surface area (Å²) in [4.78, 5) is 3.78. The van der Waals surface area contributed by atoms with E-state index in [1.807, 2.05) is 18.2 Å². The van der Waals surface area contributed by atoms with Gasteiger partial charge in [0.15, 0.2) is 0 Å². The Hall–Kier alpha value is -2.42. The van der Waals surface area contributed by atoms with Gasteiger partial charge in [-0.2, -0.15) is 4.39 Å². The molecule has 0 saturated carbocycles. The van der Waals surface area contributed by atoms with Crippen molar-refractivity contribution in [1.29, 1.82) is 0 Å². The van der Waals surface area contributed by atoms with Crippen LogP contribution in [0.2, 0.25) is 0 Å². The zero-order chi connectivity index (χ0) is 14.9. The predicted molar refractivity (Wildman–Crippen MR) is 84.3 cm³/mol. The Labute approximate surface area is 129 Å². The van der Waals surface area contributed by atoms with Gasteiger partial charge in [-0.05, 0) is 41.5 Å². The minimum Gasteiger partial charge on any atom is -0.296 e. The topological polar surface area (TPSA) is 17.8 Å². The number of fused-ring (bicyclic) bond motifs is 1. The highest BCUT2D eigenvalue weighted by atomic mass is 19.1. The Bertz CT molecular complexity index is 792. The fourth-order valence-electron chi connectivity index (χ4n) is 3.52. The van der Waals surface area contributed by atoms with E-state index < -0.39 is 6.08 Å². The lowest BCUT2D eigenvalue weighted by Gasteiger charge is -2.22. The number of hydrogen-bond acceptors (Lipinski definition) is 1. The van der Waals surface area contributed by atoms with Crippen molar-refractivity contribution < 1.29 is 4.39 Å². The molecule has 1 heterocycles. The Morgan fingerprint density at radius 3 is 2.64 bits per heavy atom. The van der Waals surface area contributed by atoms with Gasteiger partial charge in [0.05, 0.1) is 6.04 Å². The molecule has 0 radical (unpaired) electrons. The number of benzene rings is 2. The number of aryl methyl sites for hydroxylation is 1. The zero-order valence-electron chi connectivity index (χ0n) is 12.2. The lowest BCUT2D eigenvalue weighted by Crippen LogP contribution is -2.15. The van der Waals surface area contributed by atoms with Crippen molar-refractivity contribution in [2.75, 3.05) is 0 Å². The summed E-state index contributed by atoms with van der Waals surface area (Å²) in [5.74, 6) is 0. The molecule has 1 aliphatic carbocycles. The summed E-state index contributed by atoms with van der Waals surface area (Å²) in [6, 6.07) is 16.3. The van der Waals surface area contributed by atoms with E-state index in [2.05, 4.69) is 35.3 Å². The van der Waals surface area contributed by atoms with Crippen molar-refractivity contribution in [3.05, 3.63) is 89.3 Å². The molecule has 1 atom stereocenters. The van der Waals surface area contributed by atoms with Gasteiger partial charge in [-0.3, -0.25) is 4.57 Å². The van der Waals surface area contributed by atoms with Crippen LogP contribution < -0.4 is 0 Å². The first-order valence-electron chi connectivity index (χ1n) is 7.68. The van der Waals surface area contributed by atoms with Crippen LogP contribution in [0.5, 0.6) is 0 Å². The molecule has 3 heteroatoms. The van der Waals surface area contributed by atoms with Gasteiger partial charge in [0.25, 0.3) is 6.08 Å². The van der Waals surface area contributed by atoms with Crippen molar-refractivity contribution in [2.45, 2.75) is 25.3 Å². The zero-order valence-corrected chi connectivity index (χ0v) is 12.2. The van der Waals surface area contributed by atoms with Gasteiger partial charge in [0.1, 0.15) is 0 Å². The van der Waals surface area contributed by atoms with Crippen LogP contribution in [-0.4, -0.2) is 9.55 Å². The van der Waals surface area contributed by atoms with Crippen molar-refractivity contribution in [3.63, 3.8) is 0 Å². The molecule has 1 aromatic heterocycles. The fourth-order valence-corrected chi connectivity index (χ4v) is 3.52. The van der Waals surface area contributed by atoms with Crippen LogP contribution in [0, 0.1) is 6.08 Å². The summed E-state index contributed by atoms with van der Waals surface area (Å²) in [5.41, 5.74) is 5.06. The molecule has 0 N–H and O–H groups in total. The van der Waals surface area contributed by atoms with E-state index in [1.54, 1.807) is 10.8 Å². The molecule has 110 valence electrons. The van der Waals surface area contributed by atoms with E-state index in [-0.39, 0.29) is 6.04 Å². The summed E-state index contributed by atoms with van der Waals surface area (Å²) in [5, 5.41) is 0. The molecule has 0 bridgehead atoms. The van der Waals surface area contributed by atoms with E-state index in [9.17, 15) is 4.39 Å². The molecule has 4 rings (SSSR count). The smallest absolute Gasteiger partial charge is 0.289 e. The van der Waals surface area contributed by atoms with Crippen molar-refractivity contribution in [1.82, 2.24) is 9.55 Å². The standard InChI is InChI=1S/C19H17FN2/c20-19-21-12-13-22(19)18(15-6-2-1-3-7-15)17-11-5-9-14-8-4-10-16(14)17/h1-3,5-7,9,11-13,18H,4,8,10H2. The Balaban J connectivity index is 1.93. The summed E-state index contributed by atoms with van der Waals surface area (Å²) >= 11 is 0. The fraction of sp³-hybridized carbons (Fsp3) is 0.211. The van der Waals surface area contributed by atoms with Crippen molar-refractivity contribution >= 4 is 0 Å². The van der Waals surface area contributed by atoms with Gasteiger partial charge < -0.3 is 0 Å². The van der Waals surface area contributed by atoms with Crippen LogP contribution in [0.1, 0.15) is 34.7 Å². The number of aromatic nitrogens is 2. The number of imidazole rings is 1. The third kappa shape index (κ3) is 2.13. The molecular formula is C19H17FN2. The lowest BCUT2D eigenvalue weighted by molar-refractivity contribution is 0.458. The van der Waals surface area contributed by atoms with Crippen molar-refractivity contribution in [2.24, 2.45) is 0 Å². The Morgan fingerprint density at radius 1 is 1.00 bits per heavy atom. The largest absolute Gasteiger partial charge is 0.296 e. The molecule has 3 aromatic rings. The van der Waals surface area contributed by atoms with Crippen molar-refractivity contribution in [3.8, 4) is 0 Å². The van der Waals surface area contributed by atoms with Crippen LogP contribution in [0.4, 0.5) is 4.39 Å². The first-order valence-corrected chi connectivity index (χ1v) is 7.68. The van der Waals surface area contributed by atoms with E-state index in [0.717, 1.165) is 18.4 Å². The van der Waals surface area contributed by atoms with Gasteiger partial charge in [-0.1, -0.05) is 48.5 Å². The van der Waals surface area contributed by atoms with Gasteiger partial charge in [0, 0.05) is 12.4 Å². The molecule has 1 unspecified atom stereocenters. The van der Waals surface area contributed by atoms with Gasteiger partial charge in [-0.15, -0.1) is 0 Å². The monoisotopic (exact) mass is 292 g/mol. The third-order valence-electron chi connectivity index (χ3n) is 4.49. The minimum atomic E-state index is -0.440. The molecule has 22 heavy (non-hydrogen) atoms. The van der Waals surface area contributed by atoms with Gasteiger partial charge in [0.2, 0.25) is 0 Å². The minimum absolute atomic E-state index is 0.156. The molecule has 2 aromatic carbocycles. The quantitative estimate of drug-likeness (QED) is 0.709. The highest BCUT2D eigenvalue weighted by Gasteiger charge is 2.24. The van der Waals surface area contributed by atoms with Crippen LogP contribution >= 0.6 is 0 Å². The number of hydrogen-bond donors (Lipinski definition) is 0. The summed E-state index contributed by atoms with van der Waals surface area (Å²) in [7, 11) is 0. The first kappa shape index (κ1) is 13.3. The SMILES string of the molecule is Fc1nccn1C(c1ccccc1)c1cccc2c1CCC2. The van der Waals surface area contributed by atoms with E-state index in [0.29, 0.717) is 0 Å². The van der Waals surface area contributed by atoms with E-state index >= 15 is 0 Å². The maximum atomic E-state index is 14.2. The van der Waals surface area contributed by atoms with Gasteiger partial charge in [-0.25, -0.2) is 4.98 Å². The molecule has 0 spiro atoms. The Morgan fingerprint density at radius 2 is 1.86 bits per heavy atom. The molecule has 0 fully saturated rings. The Kier molecular flexibility index (Phi) is 3.26. The molecular weight excluding hydrogens is 275 g/mol. The summed E-state index contributed by atoms with van der Waals surface area (Å²) in [6.45, 7) is 0. The number of rotatable bonds is 3. The van der Waals surface area contributed by atoms with Crippen LogP contribution in [0.3, 0.4) is 0 Å². The second-order valence-corrected chi connectivity index (χ2v) is 5.76. The number of nitrogens with zero attached hydrogens (tertiary/aromatic N) is 2. The summed E-state index contributed by atoms with van der Waals surface area (Å²) < 4.78 is 15.8. The molecule has 2 nitrogen and oxygen atoms in total. The highest BCUT2D eigenvalue weighted by Crippen LogP contribution is 2.35. The normalized spacial score (nSPS) is 14.8. The third-order valence-corrected chi connectivity index (χ3v) is 4.49. The average molecular weight is 292 g/mol. The van der Waals surface area contributed by atoms with Crippen LogP contribution in [0.15, 0.2) is 60.9 Å². The second-order valence-electron chi connectivity index (χ2n) is 5.76.